The van der Waals surface area contributed by atoms with Gasteiger partial charge in [-0.15, -0.1) is 5.10 Å². The van der Waals surface area contributed by atoms with Crippen molar-refractivity contribution in [2.24, 2.45) is 23.1 Å². The normalized spacial score (nSPS) is 41.9. The van der Waals surface area contributed by atoms with Crippen molar-refractivity contribution in [3.8, 4) is 0 Å². The predicted molar refractivity (Wildman–Crippen MR) is 72.5 cm³/mol. The zero-order valence-electron chi connectivity index (χ0n) is 11.2. The van der Waals surface area contributed by atoms with Crippen LogP contribution in [-0.4, -0.2) is 20.7 Å². The molecule has 0 aromatic carbocycles. The highest BCUT2D eigenvalue weighted by atomic mass is 35.5. The Morgan fingerprint density at radius 1 is 1.40 bits per heavy atom. The van der Waals surface area contributed by atoms with E-state index in [-0.39, 0.29) is 22.1 Å². The molecule has 1 aromatic rings. The van der Waals surface area contributed by atoms with E-state index >= 15 is 0 Å². The summed E-state index contributed by atoms with van der Waals surface area (Å²) in [6.45, 7) is 0. The maximum Gasteiger partial charge on any atom is 0.242 e. The monoisotopic (exact) mass is 295 g/mol. The fraction of sp³-hybridized carbons (Fsp3) is 0.769. The second kappa shape index (κ2) is 3.95. The second-order valence-corrected chi connectivity index (χ2v) is 7.24. The smallest absolute Gasteiger partial charge is 0.242 e. The van der Waals surface area contributed by atoms with Gasteiger partial charge in [0.15, 0.2) is 0 Å². The summed E-state index contributed by atoms with van der Waals surface area (Å²) in [7, 11) is 0. The Balaban J connectivity index is 1.77. The number of nitrogens with two attached hydrogens (primary N) is 1. The van der Waals surface area contributed by atoms with Crippen LogP contribution in [0.4, 0.5) is 0 Å². The van der Waals surface area contributed by atoms with E-state index in [0.717, 1.165) is 32.1 Å². The highest BCUT2D eigenvalue weighted by molar-refractivity contribution is 6.28. The Bertz CT molecular complexity index is 557. The molecule has 2 unspecified atom stereocenters. The van der Waals surface area contributed by atoms with Gasteiger partial charge in [-0.1, -0.05) is 0 Å². The van der Waals surface area contributed by atoms with Crippen LogP contribution in [0.2, 0.25) is 5.28 Å². The fourth-order valence-electron chi connectivity index (χ4n) is 5.37. The summed E-state index contributed by atoms with van der Waals surface area (Å²) in [6, 6.07) is 0. The van der Waals surface area contributed by atoms with Crippen LogP contribution in [0.15, 0.2) is 6.33 Å². The zero-order valence-corrected chi connectivity index (χ0v) is 11.9. The van der Waals surface area contributed by atoms with Crippen LogP contribution in [0, 0.1) is 17.3 Å². The van der Waals surface area contributed by atoms with Gasteiger partial charge in [0.25, 0.3) is 0 Å². The van der Waals surface area contributed by atoms with Crippen molar-refractivity contribution in [3.63, 3.8) is 0 Å². The molecule has 0 aliphatic heterocycles. The summed E-state index contributed by atoms with van der Waals surface area (Å²) in [5.41, 5.74) is 1.96. The molecule has 0 saturated heterocycles. The van der Waals surface area contributed by atoms with Crippen molar-refractivity contribution in [3.05, 3.63) is 11.6 Å². The third-order valence-corrected chi connectivity index (χ3v) is 5.77. The molecule has 4 saturated carbocycles. The lowest BCUT2D eigenvalue weighted by atomic mass is 9.46. The van der Waals surface area contributed by atoms with Crippen LogP contribution in [0.5, 0.6) is 0 Å². The van der Waals surface area contributed by atoms with Gasteiger partial charge in [0.05, 0.1) is 11.0 Å². The standard InChI is InChI=1S/C13H18ClN5O/c14-11-16-7-19(18-11)13-4-8-1-9(5-13)3-12(2-8,6-13)10(20)17-15/h7-9H,1-6,15H2,(H,17,20). The maximum absolute atomic E-state index is 12.3. The summed E-state index contributed by atoms with van der Waals surface area (Å²) < 4.78 is 1.91. The van der Waals surface area contributed by atoms with E-state index in [1.807, 2.05) is 4.68 Å². The molecule has 1 aromatic heterocycles. The van der Waals surface area contributed by atoms with E-state index < -0.39 is 0 Å². The lowest BCUT2D eigenvalue weighted by molar-refractivity contribution is -0.156. The number of nitrogens with zero attached hydrogens (tertiary/aromatic N) is 3. The van der Waals surface area contributed by atoms with E-state index in [9.17, 15) is 4.79 Å². The molecule has 7 heteroatoms. The number of halogens is 1. The third kappa shape index (κ3) is 1.58. The Hall–Kier alpha value is -1.14. The number of hydrogen-bond donors (Lipinski definition) is 2. The molecule has 108 valence electrons. The van der Waals surface area contributed by atoms with Crippen LogP contribution in [0.25, 0.3) is 0 Å². The number of carbonyl (C=O) groups excluding carboxylic acids is 1. The molecule has 4 aliphatic rings. The predicted octanol–water partition coefficient (Wildman–Crippen LogP) is 1.22. The van der Waals surface area contributed by atoms with Crippen LogP contribution < -0.4 is 11.3 Å². The van der Waals surface area contributed by atoms with E-state index in [1.54, 1.807) is 6.33 Å². The molecule has 4 aliphatic carbocycles. The van der Waals surface area contributed by atoms with Crippen molar-refractivity contribution < 1.29 is 4.79 Å². The Morgan fingerprint density at radius 3 is 2.65 bits per heavy atom. The van der Waals surface area contributed by atoms with Crippen molar-refractivity contribution >= 4 is 17.5 Å². The van der Waals surface area contributed by atoms with Gasteiger partial charge in [0.2, 0.25) is 11.2 Å². The third-order valence-electron chi connectivity index (χ3n) is 5.59. The minimum atomic E-state index is -0.322. The molecular formula is C13H18ClN5O. The first-order valence-corrected chi connectivity index (χ1v) is 7.52. The Labute approximate surface area is 122 Å². The minimum absolute atomic E-state index is 0.0119. The van der Waals surface area contributed by atoms with Crippen LogP contribution >= 0.6 is 11.6 Å². The molecular weight excluding hydrogens is 278 g/mol. The van der Waals surface area contributed by atoms with Crippen molar-refractivity contribution in [1.29, 1.82) is 0 Å². The van der Waals surface area contributed by atoms with Gasteiger partial charge in [-0.05, 0) is 62.0 Å². The minimum Gasteiger partial charge on any atom is -0.294 e. The average molecular weight is 296 g/mol. The number of carbonyl (C=O) groups is 1. The molecule has 2 atom stereocenters. The van der Waals surface area contributed by atoms with Crippen LogP contribution in [0.1, 0.15) is 38.5 Å². The number of aromatic nitrogens is 3. The molecule has 20 heavy (non-hydrogen) atoms. The molecule has 6 nitrogen and oxygen atoms in total. The molecule has 0 spiro atoms. The summed E-state index contributed by atoms with van der Waals surface area (Å²) in [5, 5.41) is 4.60. The SMILES string of the molecule is NNC(=O)C12CC3CC(C1)CC(n1cnc(Cl)n1)(C3)C2. The number of hydrogen-bond acceptors (Lipinski definition) is 4. The molecule has 3 N–H and O–H groups in total. The zero-order chi connectivity index (χ0) is 14.0. The average Bonchev–Trinajstić information content (AvgIpc) is 2.84. The lowest BCUT2D eigenvalue weighted by Crippen LogP contribution is -2.61. The molecule has 4 bridgehead atoms. The number of amides is 1. The Morgan fingerprint density at radius 2 is 2.10 bits per heavy atom. The quantitative estimate of drug-likeness (QED) is 0.488. The molecule has 0 radical (unpaired) electrons. The van der Waals surface area contributed by atoms with Crippen molar-refractivity contribution in [2.45, 2.75) is 44.1 Å². The molecule has 4 fully saturated rings. The van der Waals surface area contributed by atoms with E-state index in [1.165, 1.54) is 6.42 Å². The van der Waals surface area contributed by atoms with Gasteiger partial charge >= 0.3 is 0 Å². The van der Waals surface area contributed by atoms with Gasteiger partial charge in [-0.25, -0.2) is 15.5 Å². The van der Waals surface area contributed by atoms with Crippen molar-refractivity contribution in [2.75, 3.05) is 0 Å². The van der Waals surface area contributed by atoms with Gasteiger partial charge in [-0.2, -0.15) is 0 Å². The van der Waals surface area contributed by atoms with E-state index in [0.29, 0.717) is 11.8 Å². The van der Waals surface area contributed by atoms with Gasteiger partial charge in [0, 0.05) is 0 Å². The summed E-state index contributed by atoms with van der Waals surface area (Å²) >= 11 is 5.88. The number of rotatable bonds is 2. The summed E-state index contributed by atoms with van der Waals surface area (Å²) in [5.74, 6) is 6.57. The highest BCUT2D eigenvalue weighted by Gasteiger charge is 2.61. The Kier molecular flexibility index (Phi) is 2.49. The largest absolute Gasteiger partial charge is 0.294 e. The van der Waals surface area contributed by atoms with Gasteiger partial charge in [-0.3, -0.25) is 10.2 Å². The van der Waals surface area contributed by atoms with Gasteiger partial charge in [0.1, 0.15) is 6.33 Å². The highest BCUT2D eigenvalue weighted by Crippen LogP contribution is 2.64. The van der Waals surface area contributed by atoms with Crippen LogP contribution in [0.3, 0.4) is 0 Å². The lowest BCUT2D eigenvalue weighted by Gasteiger charge is -2.60. The fourth-order valence-corrected chi connectivity index (χ4v) is 5.50. The summed E-state index contributed by atoms with van der Waals surface area (Å²) in [6.07, 6.45) is 7.79. The van der Waals surface area contributed by atoms with E-state index in [4.69, 9.17) is 17.4 Å². The molecule has 1 heterocycles. The van der Waals surface area contributed by atoms with Crippen molar-refractivity contribution in [1.82, 2.24) is 20.2 Å². The first kappa shape index (κ1) is 12.6. The number of hydrazine groups is 1. The summed E-state index contributed by atoms with van der Waals surface area (Å²) in [4.78, 5) is 16.4. The molecule has 1 amide bonds. The number of nitrogens with one attached hydrogen (secondary N) is 1. The van der Waals surface area contributed by atoms with E-state index in [2.05, 4.69) is 15.5 Å². The topological polar surface area (TPSA) is 85.8 Å². The maximum atomic E-state index is 12.3. The van der Waals surface area contributed by atoms with Gasteiger partial charge < -0.3 is 0 Å². The first-order chi connectivity index (χ1) is 9.55. The van der Waals surface area contributed by atoms with Crippen LogP contribution in [-0.2, 0) is 10.3 Å². The molecule has 5 rings (SSSR count). The first-order valence-electron chi connectivity index (χ1n) is 7.14. The second-order valence-electron chi connectivity index (χ2n) is 6.90.